The monoisotopic (exact) mass is 389 g/mol. The van der Waals surface area contributed by atoms with Crippen LogP contribution in [-0.4, -0.2) is 20.1 Å². The molecule has 0 radical (unpaired) electrons. The number of hydrogen-bond donors (Lipinski definition) is 1. The zero-order valence-corrected chi connectivity index (χ0v) is 15.3. The van der Waals surface area contributed by atoms with Crippen molar-refractivity contribution < 1.29 is 14.3 Å². The standard InChI is InChI=1S/C19H20BrNO3/c1-23-15-10-14(11-16(24-2)17(15)20)19(22)21-18(13-8-9-13)12-6-4-3-5-7-12/h3-7,10-11,13,18H,8-9H2,1-2H3,(H,21,22)/t18-/m0/s1. The van der Waals surface area contributed by atoms with E-state index in [1.165, 1.54) is 0 Å². The van der Waals surface area contributed by atoms with E-state index in [2.05, 4.69) is 33.4 Å². The van der Waals surface area contributed by atoms with Crippen LogP contribution in [0.4, 0.5) is 0 Å². The maximum Gasteiger partial charge on any atom is 0.252 e. The molecule has 1 N–H and O–H groups in total. The van der Waals surface area contributed by atoms with Crippen LogP contribution in [0.1, 0.15) is 34.8 Å². The summed E-state index contributed by atoms with van der Waals surface area (Å²) in [6, 6.07) is 13.6. The van der Waals surface area contributed by atoms with Crippen LogP contribution in [0.2, 0.25) is 0 Å². The van der Waals surface area contributed by atoms with Gasteiger partial charge in [-0.25, -0.2) is 0 Å². The summed E-state index contributed by atoms with van der Waals surface area (Å²) in [7, 11) is 3.14. The predicted molar refractivity (Wildman–Crippen MR) is 96.6 cm³/mol. The van der Waals surface area contributed by atoms with Gasteiger partial charge in [0.15, 0.2) is 0 Å². The lowest BCUT2D eigenvalue weighted by atomic mass is 10.0. The van der Waals surface area contributed by atoms with Crippen LogP contribution in [0.25, 0.3) is 0 Å². The van der Waals surface area contributed by atoms with Gasteiger partial charge in [0.1, 0.15) is 16.0 Å². The fourth-order valence-corrected chi connectivity index (χ4v) is 3.34. The summed E-state index contributed by atoms with van der Waals surface area (Å²) in [5, 5.41) is 3.17. The van der Waals surface area contributed by atoms with Crippen molar-refractivity contribution in [1.82, 2.24) is 5.32 Å². The highest BCUT2D eigenvalue weighted by Gasteiger charge is 2.33. The van der Waals surface area contributed by atoms with Crippen molar-refractivity contribution in [2.45, 2.75) is 18.9 Å². The summed E-state index contributed by atoms with van der Waals surface area (Å²) in [5.74, 6) is 1.53. The SMILES string of the molecule is COc1cc(C(=O)N[C@@H](c2ccccc2)C2CC2)cc(OC)c1Br. The van der Waals surface area contributed by atoms with Crippen LogP contribution < -0.4 is 14.8 Å². The molecule has 1 atom stereocenters. The maximum atomic E-state index is 12.8. The number of nitrogens with one attached hydrogen (secondary N) is 1. The normalized spacial score (nSPS) is 14.8. The molecule has 0 saturated heterocycles. The molecule has 1 aliphatic rings. The summed E-state index contributed by atoms with van der Waals surface area (Å²) < 4.78 is 11.3. The molecule has 0 unspecified atom stereocenters. The lowest BCUT2D eigenvalue weighted by Gasteiger charge is -2.19. The molecule has 1 saturated carbocycles. The maximum absolute atomic E-state index is 12.8. The number of methoxy groups -OCH3 is 2. The largest absolute Gasteiger partial charge is 0.495 e. The topological polar surface area (TPSA) is 47.6 Å². The third kappa shape index (κ3) is 3.56. The summed E-state index contributed by atoms with van der Waals surface area (Å²) in [5.41, 5.74) is 1.66. The second kappa shape index (κ2) is 7.26. The van der Waals surface area contributed by atoms with Crippen LogP contribution in [0.3, 0.4) is 0 Å². The van der Waals surface area contributed by atoms with Gasteiger partial charge in [-0.1, -0.05) is 30.3 Å². The zero-order valence-electron chi connectivity index (χ0n) is 13.7. The molecule has 0 heterocycles. The van der Waals surface area contributed by atoms with Crippen LogP contribution in [0.5, 0.6) is 11.5 Å². The van der Waals surface area contributed by atoms with Crippen LogP contribution >= 0.6 is 15.9 Å². The predicted octanol–water partition coefficient (Wildman–Crippen LogP) is 4.35. The molecule has 1 amide bonds. The summed E-state index contributed by atoms with van der Waals surface area (Å²) in [6.07, 6.45) is 2.29. The van der Waals surface area contributed by atoms with Crippen molar-refractivity contribution in [1.29, 1.82) is 0 Å². The first-order valence-electron chi connectivity index (χ1n) is 7.91. The molecule has 1 fully saturated rings. The van der Waals surface area contributed by atoms with Gasteiger partial charge in [-0.3, -0.25) is 4.79 Å². The molecular formula is C19H20BrNO3. The third-order valence-corrected chi connectivity index (χ3v) is 5.03. The molecule has 0 spiro atoms. The first kappa shape index (κ1) is 16.8. The number of carbonyl (C=O) groups is 1. The van der Waals surface area contributed by atoms with E-state index in [1.807, 2.05) is 18.2 Å². The fraction of sp³-hybridized carbons (Fsp3) is 0.316. The Morgan fingerprint density at radius 3 is 2.21 bits per heavy atom. The molecule has 3 rings (SSSR count). The first-order valence-corrected chi connectivity index (χ1v) is 8.70. The molecule has 1 aliphatic carbocycles. The minimum atomic E-state index is -0.125. The molecule has 4 nitrogen and oxygen atoms in total. The van der Waals surface area contributed by atoms with Crippen molar-refractivity contribution in [2.75, 3.05) is 14.2 Å². The van der Waals surface area contributed by atoms with E-state index >= 15 is 0 Å². The molecule has 0 bridgehead atoms. The molecule has 24 heavy (non-hydrogen) atoms. The van der Waals surface area contributed by atoms with Gasteiger partial charge in [0.25, 0.3) is 5.91 Å². The first-order chi connectivity index (χ1) is 11.6. The molecule has 2 aromatic rings. The number of benzene rings is 2. The molecule has 126 valence electrons. The lowest BCUT2D eigenvalue weighted by molar-refractivity contribution is 0.0931. The Labute approximate surface area is 150 Å². The van der Waals surface area contributed by atoms with E-state index in [0.29, 0.717) is 27.5 Å². The van der Waals surface area contributed by atoms with Crippen molar-refractivity contribution in [2.24, 2.45) is 5.92 Å². The molecule has 0 aromatic heterocycles. The van der Waals surface area contributed by atoms with Crippen LogP contribution in [0.15, 0.2) is 46.9 Å². The minimum Gasteiger partial charge on any atom is -0.495 e. The fourth-order valence-electron chi connectivity index (χ4n) is 2.79. The Kier molecular flexibility index (Phi) is 5.09. The van der Waals surface area contributed by atoms with E-state index in [9.17, 15) is 4.79 Å². The van der Waals surface area contributed by atoms with Crippen molar-refractivity contribution in [3.05, 3.63) is 58.1 Å². The number of amides is 1. The van der Waals surface area contributed by atoms with E-state index < -0.39 is 0 Å². The summed E-state index contributed by atoms with van der Waals surface area (Å²) >= 11 is 3.42. The lowest BCUT2D eigenvalue weighted by Crippen LogP contribution is -2.29. The number of halogens is 1. The average Bonchev–Trinajstić information content (AvgIpc) is 3.45. The second-order valence-electron chi connectivity index (χ2n) is 5.89. The van der Waals surface area contributed by atoms with Crippen molar-refractivity contribution in [3.63, 3.8) is 0 Å². The smallest absolute Gasteiger partial charge is 0.252 e. The highest BCUT2D eigenvalue weighted by molar-refractivity contribution is 9.10. The molecule has 0 aliphatic heterocycles. The van der Waals surface area contributed by atoms with Gasteiger partial charge in [0.05, 0.1) is 20.3 Å². The Bertz CT molecular complexity index is 704. The van der Waals surface area contributed by atoms with Crippen LogP contribution in [0, 0.1) is 5.92 Å². The number of hydrogen-bond acceptors (Lipinski definition) is 3. The Morgan fingerprint density at radius 2 is 1.71 bits per heavy atom. The van der Waals surface area contributed by atoms with Crippen molar-refractivity contribution in [3.8, 4) is 11.5 Å². The van der Waals surface area contributed by atoms with Gasteiger partial charge in [-0.15, -0.1) is 0 Å². The molecule has 5 heteroatoms. The Hall–Kier alpha value is -2.01. The van der Waals surface area contributed by atoms with Crippen molar-refractivity contribution >= 4 is 21.8 Å². The Morgan fingerprint density at radius 1 is 1.12 bits per heavy atom. The zero-order chi connectivity index (χ0) is 17.1. The van der Waals surface area contributed by atoms with Gasteiger partial charge >= 0.3 is 0 Å². The number of rotatable bonds is 6. The second-order valence-corrected chi connectivity index (χ2v) is 6.69. The quantitative estimate of drug-likeness (QED) is 0.798. The molecule has 2 aromatic carbocycles. The van der Waals surface area contributed by atoms with E-state index in [0.717, 1.165) is 18.4 Å². The van der Waals surface area contributed by atoms with Gasteiger partial charge < -0.3 is 14.8 Å². The van der Waals surface area contributed by atoms with Gasteiger partial charge in [0.2, 0.25) is 0 Å². The number of carbonyl (C=O) groups excluding carboxylic acids is 1. The highest BCUT2D eigenvalue weighted by Crippen LogP contribution is 2.41. The van der Waals surface area contributed by atoms with Gasteiger partial charge in [-0.2, -0.15) is 0 Å². The molecular weight excluding hydrogens is 370 g/mol. The highest BCUT2D eigenvalue weighted by atomic mass is 79.9. The summed E-state index contributed by atoms with van der Waals surface area (Å²) in [4.78, 5) is 12.8. The van der Waals surface area contributed by atoms with E-state index in [4.69, 9.17) is 9.47 Å². The number of ether oxygens (including phenoxy) is 2. The van der Waals surface area contributed by atoms with Gasteiger partial charge in [0, 0.05) is 5.56 Å². The minimum absolute atomic E-state index is 0.0411. The van der Waals surface area contributed by atoms with E-state index in [1.54, 1.807) is 26.4 Å². The third-order valence-electron chi connectivity index (χ3n) is 4.25. The average molecular weight is 390 g/mol. The Balaban J connectivity index is 1.86. The van der Waals surface area contributed by atoms with Crippen LogP contribution in [-0.2, 0) is 0 Å². The van der Waals surface area contributed by atoms with E-state index in [-0.39, 0.29) is 11.9 Å². The van der Waals surface area contributed by atoms with Gasteiger partial charge in [-0.05, 0) is 52.4 Å². The summed E-state index contributed by atoms with van der Waals surface area (Å²) in [6.45, 7) is 0.